The molecule has 0 N–H and O–H groups in total. The predicted octanol–water partition coefficient (Wildman–Crippen LogP) is 1.46. The van der Waals surface area contributed by atoms with E-state index in [9.17, 15) is 0 Å². The zero-order chi connectivity index (χ0) is 7.61. The van der Waals surface area contributed by atoms with E-state index >= 15 is 0 Å². The van der Waals surface area contributed by atoms with Crippen LogP contribution in [0.3, 0.4) is 0 Å². The zero-order valence-electron chi connectivity index (χ0n) is 6.62. The fraction of sp³-hybridized carbons (Fsp3) is 1.00. The van der Waals surface area contributed by atoms with Crippen molar-refractivity contribution < 1.29 is 25.8 Å². The molecule has 1 nitrogen and oxygen atoms in total. The molecule has 0 aromatic rings. The molecule has 64 valence electrons. The first-order chi connectivity index (χ1) is 4.65. The van der Waals surface area contributed by atoms with E-state index in [1.165, 1.54) is 19.3 Å². The Balaban J connectivity index is 2.48. The second-order valence-corrected chi connectivity index (χ2v) is 9.39. The zero-order valence-corrected chi connectivity index (χ0v) is 9.94. The summed E-state index contributed by atoms with van der Waals surface area (Å²) in [6, 6.07) is 0. The first-order valence-corrected chi connectivity index (χ1v) is 7.91. The van der Waals surface area contributed by atoms with E-state index < -0.39 is 8.80 Å². The molecule has 10 heavy (non-hydrogen) atoms. The molecule has 1 fully saturated rings. The summed E-state index contributed by atoms with van der Waals surface area (Å²) in [7, 11) is -0.614. The molecule has 0 aliphatic carbocycles. The average Bonchev–Trinajstić information content (AvgIpc) is 1.89. The van der Waals surface area contributed by atoms with E-state index in [4.69, 9.17) is 4.74 Å². The van der Waals surface area contributed by atoms with Crippen LogP contribution in [0.4, 0.5) is 0 Å². The fourth-order valence-electron chi connectivity index (χ4n) is 1.22. The molecule has 0 radical (unpaired) electrons. The van der Waals surface area contributed by atoms with Crippen molar-refractivity contribution in [1.82, 2.24) is 0 Å². The summed E-state index contributed by atoms with van der Waals surface area (Å²) in [5.41, 5.74) is 0. The van der Waals surface area contributed by atoms with E-state index in [1.807, 2.05) is 0 Å². The molecule has 1 rings (SSSR count). The molecule has 0 aromatic heterocycles. The predicted molar refractivity (Wildman–Crippen MR) is 41.4 cm³/mol. The third-order valence-corrected chi connectivity index (χ3v) is 8.74. The van der Waals surface area contributed by atoms with Crippen molar-refractivity contribution in [3.63, 3.8) is 0 Å². The van der Waals surface area contributed by atoms with Gasteiger partial charge < -0.3 is 0 Å². The first kappa shape index (κ1) is 9.01. The standard InChI is InChI=1S/C7H15OSi.Au/c1-9(2)7-5-3-4-6-8-7;/h9H,3-6H2,1-2H3;. The molecule has 0 saturated carbocycles. The van der Waals surface area contributed by atoms with Crippen molar-refractivity contribution in [3.8, 4) is 0 Å². The van der Waals surface area contributed by atoms with Gasteiger partial charge in [-0.25, -0.2) is 0 Å². The number of ether oxygens (including phenoxy) is 1. The van der Waals surface area contributed by atoms with Gasteiger partial charge in [0.25, 0.3) is 0 Å². The number of hydrogen-bond acceptors (Lipinski definition) is 1. The van der Waals surface area contributed by atoms with Crippen molar-refractivity contribution in [3.05, 3.63) is 0 Å². The summed E-state index contributed by atoms with van der Waals surface area (Å²) in [4.78, 5) is 0. The Bertz CT molecular complexity index is 110. The van der Waals surface area contributed by atoms with Crippen LogP contribution in [0.5, 0.6) is 0 Å². The normalized spacial score (nSPS) is 34.9. The molecule has 0 spiro atoms. The molecule has 1 atom stereocenters. The Hall–Kier alpha value is 0.917. The van der Waals surface area contributed by atoms with E-state index in [0.29, 0.717) is 0 Å². The quantitative estimate of drug-likeness (QED) is 0.657. The summed E-state index contributed by atoms with van der Waals surface area (Å²) in [5, 5.41) is 0. The molecular weight excluding hydrogens is 325 g/mol. The third-order valence-electron chi connectivity index (χ3n) is 2.04. The molecule has 0 aromatic carbocycles. The van der Waals surface area contributed by atoms with E-state index in [2.05, 4.69) is 34.2 Å². The summed E-state index contributed by atoms with van der Waals surface area (Å²) < 4.78 is 6.03. The minimum atomic E-state index is -0.614. The van der Waals surface area contributed by atoms with E-state index in [1.54, 1.807) is 0 Å². The van der Waals surface area contributed by atoms with Crippen LogP contribution in [0.25, 0.3) is 0 Å². The van der Waals surface area contributed by atoms with E-state index in [-0.39, 0.29) is 3.44 Å². The van der Waals surface area contributed by atoms with Crippen LogP contribution in [-0.2, 0) is 25.8 Å². The average molecular weight is 340 g/mol. The van der Waals surface area contributed by atoms with Gasteiger partial charge >= 0.3 is 77.0 Å². The van der Waals surface area contributed by atoms with Crippen molar-refractivity contribution >= 4 is 8.80 Å². The molecule has 0 amide bonds. The monoisotopic (exact) mass is 340 g/mol. The van der Waals surface area contributed by atoms with Crippen molar-refractivity contribution in [2.24, 2.45) is 0 Å². The van der Waals surface area contributed by atoms with Crippen molar-refractivity contribution in [2.45, 2.75) is 35.8 Å². The molecule has 1 unspecified atom stereocenters. The maximum atomic E-state index is 5.76. The van der Waals surface area contributed by atoms with Gasteiger partial charge in [0.15, 0.2) is 0 Å². The Kier molecular flexibility index (Phi) is 3.19. The maximum absolute atomic E-state index is 5.76. The Labute approximate surface area is 77.0 Å². The van der Waals surface area contributed by atoms with Gasteiger partial charge in [-0.2, -0.15) is 0 Å². The minimum absolute atomic E-state index is 0.262. The molecule has 1 heterocycles. The van der Waals surface area contributed by atoms with Gasteiger partial charge in [-0.3, -0.25) is 0 Å². The van der Waals surface area contributed by atoms with Crippen molar-refractivity contribution in [1.29, 1.82) is 0 Å². The second-order valence-electron chi connectivity index (χ2n) is 3.18. The number of rotatable bonds is 1. The van der Waals surface area contributed by atoms with Crippen LogP contribution >= 0.6 is 0 Å². The van der Waals surface area contributed by atoms with Gasteiger partial charge in [0.05, 0.1) is 0 Å². The molecule has 1 aliphatic rings. The van der Waals surface area contributed by atoms with Gasteiger partial charge in [-0.15, -0.1) is 0 Å². The first-order valence-electron chi connectivity index (χ1n) is 3.94. The summed E-state index contributed by atoms with van der Waals surface area (Å²) in [6.45, 7) is 5.72. The SMILES string of the molecule is C[SiH](C)[C]1([Au])CCCCO1. The van der Waals surface area contributed by atoms with Crippen LogP contribution in [0, 0.1) is 0 Å². The topological polar surface area (TPSA) is 9.23 Å². The number of hydrogen-bond donors (Lipinski definition) is 0. The summed E-state index contributed by atoms with van der Waals surface area (Å²) >= 11 is 2.71. The Morgan fingerprint density at radius 1 is 1.40 bits per heavy atom. The molecule has 0 bridgehead atoms. The second kappa shape index (κ2) is 3.54. The van der Waals surface area contributed by atoms with Crippen LogP contribution in [0.1, 0.15) is 19.3 Å². The van der Waals surface area contributed by atoms with Crippen LogP contribution < -0.4 is 0 Å². The molecule has 3 heteroatoms. The Morgan fingerprint density at radius 3 is 2.40 bits per heavy atom. The molecular formula is C7H15AuOSi. The van der Waals surface area contributed by atoms with Gasteiger partial charge in [-0.05, 0) is 0 Å². The van der Waals surface area contributed by atoms with Crippen LogP contribution in [0.2, 0.25) is 13.1 Å². The summed E-state index contributed by atoms with van der Waals surface area (Å²) in [5.74, 6) is 0. The van der Waals surface area contributed by atoms with E-state index in [0.717, 1.165) is 6.61 Å². The summed E-state index contributed by atoms with van der Waals surface area (Å²) in [6.07, 6.45) is 3.91. The molecule has 1 aliphatic heterocycles. The molecule has 1 saturated heterocycles. The van der Waals surface area contributed by atoms with Gasteiger partial charge in [0.1, 0.15) is 0 Å². The van der Waals surface area contributed by atoms with Gasteiger partial charge in [-0.1, -0.05) is 0 Å². The fourth-order valence-corrected chi connectivity index (χ4v) is 3.05. The third kappa shape index (κ3) is 1.95. The van der Waals surface area contributed by atoms with Gasteiger partial charge in [0.2, 0.25) is 0 Å². The van der Waals surface area contributed by atoms with Gasteiger partial charge in [0, 0.05) is 0 Å². The Morgan fingerprint density at radius 2 is 2.10 bits per heavy atom. The van der Waals surface area contributed by atoms with Crippen LogP contribution in [-0.4, -0.2) is 18.8 Å². The van der Waals surface area contributed by atoms with Crippen LogP contribution in [0.15, 0.2) is 0 Å². The van der Waals surface area contributed by atoms with Crippen molar-refractivity contribution in [2.75, 3.05) is 6.61 Å².